The summed E-state index contributed by atoms with van der Waals surface area (Å²) in [6, 6.07) is 1.83. The fraction of sp³-hybridized carbons (Fsp3) is 0.682. The van der Waals surface area contributed by atoms with E-state index >= 15 is 0 Å². The minimum Gasteiger partial charge on any atom is -0.448 e. The lowest BCUT2D eigenvalue weighted by Crippen LogP contribution is -2.12. The number of nitrogens with zero attached hydrogens (tertiary/aromatic N) is 1. The van der Waals surface area contributed by atoms with Crippen LogP contribution >= 0.6 is 0 Å². The van der Waals surface area contributed by atoms with Crippen molar-refractivity contribution in [3.63, 3.8) is 0 Å². The van der Waals surface area contributed by atoms with Crippen LogP contribution in [0, 0.1) is 0 Å². The molecule has 0 radical (unpaired) electrons. The Morgan fingerprint density at radius 1 is 0.839 bits per heavy atom. The van der Waals surface area contributed by atoms with Crippen molar-refractivity contribution in [2.45, 2.75) is 68.2 Å². The van der Waals surface area contributed by atoms with Gasteiger partial charge in [0.15, 0.2) is 0 Å². The van der Waals surface area contributed by atoms with Gasteiger partial charge in [-0.2, -0.15) is 5.10 Å². The van der Waals surface area contributed by atoms with Gasteiger partial charge >= 0.3 is 6.09 Å². The number of carbonyl (C=O) groups excluding carboxylic acids is 2. The van der Waals surface area contributed by atoms with E-state index in [-0.39, 0.29) is 12.0 Å². The summed E-state index contributed by atoms with van der Waals surface area (Å²) in [5, 5.41) is 17.4. The van der Waals surface area contributed by atoms with Crippen LogP contribution in [0.15, 0.2) is 30.9 Å². The van der Waals surface area contributed by atoms with Gasteiger partial charge in [0, 0.05) is 38.4 Å². The number of nitrogens with one attached hydrogen (secondary N) is 5. The van der Waals surface area contributed by atoms with Gasteiger partial charge in [-0.3, -0.25) is 9.89 Å². The highest BCUT2D eigenvalue weighted by Gasteiger charge is 2.06. The van der Waals surface area contributed by atoms with Gasteiger partial charge < -0.3 is 26.0 Å². The zero-order valence-corrected chi connectivity index (χ0v) is 21.1. The van der Waals surface area contributed by atoms with Crippen LogP contribution in [0.3, 0.4) is 0 Å². The summed E-state index contributed by atoms with van der Waals surface area (Å²) in [4.78, 5) is 20.0. The second kappa shape index (κ2) is 34.8. The molecule has 0 bridgehead atoms. The molecule has 1 aromatic rings. The Hall–Kier alpha value is -2.71. The minimum atomic E-state index is -0.296. The molecule has 1 aromatic heterocycles. The number of cyclic esters (lactones) is 1. The number of hydrogen-bond donors (Lipinski definition) is 5. The lowest BCUT2D eigenvalue weighted by atomic mass is 10.4. The van der Waals surface area contributed by atoms with Crippen LogP contribution in [0.2, 0.25) is 0 Å². The predicted octanol–water partition coefficient (Wildman–Crippen LogP) is 3.79. The van der Waals surface area contributed by atoms with Crippen LogP contribution in [0.25, 0.3) is 0 Å². The van der Waals surface area contributed by atoms with Gasteiger partial charge in [0.05, 0.1) is 12.4 Å². The fourth-order valence-electron chi connectivity index (χ4n) is 1.62. The third-order valence-corrected chi connectivity index (χ3v) is 2.72. The molecule has 0 aliphatic carbocycles. The molecule has 3 aliphatic heterocycles. The zero-order valence-electron chi connectivity index (χ0n) is 21.1. The van der Waals surface area contributed by atoms with Gasteiger partial charge in [-0.15, -0.1) is 0 Å². The summed E-state index contributed by atoms with van der Waals surface area (Å²) < 4.78 is 4.40. The molecule has 9 heteroatoms. The second-order valence-electron chi connectivity index (χ2n) is 4.61. The number of ether oxygens (including phenoxy) is 1. The smallest absolute Gasteiger partial charge is 0.407 e. The number of hydrogen-bond acceptors (Lipinski definition) is 6. The largest absolute Gasteiger partial charge is 0.448 e. The molecule has 3 saturated heterocycles. The monoisotopic (exact) mass is 444 g/mol. The van der Waals surface area contributed by atoms with Crippen LogP contribution in [-0.4, -0.2) is 55.0 Å². The number of alkyl carbamates (subject to hydrolysis) is 1. The Labute approximate surface area is 190 Å². The highest BCUT2D eigenvalue weighted by molar-refractivity contribution is 5.77. The number of H-pyrrole nitrogens is 1. The summed E-state index contributed by atoms with van der Waals surface area (Å²) >= 11 is 0. The molecule has 2 amide bonds. The van der Waals surface area contributed by atoms with Gasteiger partial charge in [0.1, 0.15) is 6.61 Å². The molecule has 0 spiro atoms. The molecule has 9 nitrogen and oxygen atoms in total. The SMILES string of the molecule is C=C1NCCN1.CC.CC.CC.CC.O=C1CCCN1.O=C1NCCO1.c1cn[nH]c1. The summed E-state index contributed by atoms with van der Waals surface area (Å²) in [5.41, 5.74) is 0. The Kier molecular flexibility index (Phi) is 40.1. The molecule has 4 heterocycles. The van der Waals surface area contributed by atoms with Gasteiger partial charge in [-0.05, 0) is 12.5 Å². The van der Waals surface area contributed by atoms with Crippen LogP contribution in [0.1, 0.15) is 68.2 Å². The van der Waals surface area contributed by atoms with Crippen LogP contribution in [-0.2, 0) is 9.53 Å². The quantitative estimate of drug-likeness (QED) is 0.415. The Morgan fingerprint density at radius 3 is 1.55 bits per heavy atom. The average Bonchev–Trinajstić information content (AvgIpc) is 3.65. The van der Waals surface area contributed by atoms with E-state index in [9.17, 15) is 9.59 Å². The van der Waals surface area contributed by atoms with E-state index < -0.39 is 0 Å². The highest BCUT2D eigenvalue weighted by atomic mass is 16.6. The third kappa shape index (κ3) is 32.2. The fourth-order valence-corrected chi connectivity index (χ4v) is 1.62. The van der Waals surface area contributed by atoms with Crippen molar-refractivity contribution in [1.29, 1.82) is 0 Å². The molecule has 0 saturated carbocycles. The standard InChI is InChI=1S/C4H8N2.C4H7NO.C3H4N2.C3H5NO2.4C2H6/c1-4-5-2-3-6-4;6-4-2-1-3-5-4;1-2-4-5-3-1;5-3-4-1-2-6-3;4*1-2/h5-6H,1-3H2;1-3H2,(H,5,6);1-3H,(H,4,5);1-2H2,(H,4,5);4*1-2H3. The van der Waals surface area contributed by atoms with Crippen LogP contribution < -0.4 is 21.3 Å². The molecule has 0 aromatic carbocycles. The van der Waals surface area contributed by atoms with E-state index in [0.29, 0.717) is 13.2 Å². The van der Waals surface area contributed by atoms with Crippen molar-refractivity contribution < 1.29 is 14.3 Å². The summed E-state index contributed by atoms with van der Waals surface area (Å²) in [5.74, 6) is 1.16. The maximum Gasteiger partial charge on any atom is 0.407 e. The van der Waals surface area contributed by atoms with Crippen molar-refractivity contribution in [3.8, 4) is 0 Å². The van der Waals surface area contributed by atoms with Crippen molar-refractivity contribution in [3.05, 3.63) is 30.9 Å². The molecule has 4 rings (SSSR count). The molecule has 31 heavy (non-hydrogen) atoms. The molecular formula is C22H48N6O3. The number of amides is 2. The van der Waals surface area contributed by atoms with E-state index in [4.69, 9.17) is 0 Å². The maximum absolute atomic E-state index is 10.1. The number of rotatable bonds is 0. The highest BCUT2D eigenvalue weighted by Crippen LogP contribution is 1.93. The lowest BCUT2D eigenvalue weighted by Gasteiger charge is -1.89. The van der Waals surface area contributed by atoms with E-state index in [1.165, 1.54) is 0 Å². The third-order valence-electron chi connectivity index (χ3n) is 2.72. The number of carbonyl (C=O) groups is 2. The van der Waals surface area contributed by atoms with E-state index in [2.05, 4.69) is 42.8 Å². The molecule has 0 unspecified atom stereocenters. The molecule has 3 fully saturated rings. The number of aromatic nitrogens is 2. The van der Waals surface area contributed by atoms with Gasteiger partial charge in [0.25, 0.3) is 0 Å². The van der Waals surface area contributed by atoms with Crippen LogP contribution in [0.4, 0.5) is 4.79 Å². The maximum atomic E-state index is 10.1. The van der Waals surface area contributed by atoms with E-state index in [0.717, 1.165) is 38.3 Å². The minimum absolute atomic E-state index is 0.204. The average molecular weight is 445 g/mol. The van der Waals surface area contributed by atoms with Crippen molar-refractivity contribution >= 4 is 12.0 Å². The topological polar surface area (TPSA) is 120 Å². The molecule has 184 valence electrons. The molecule has 3 aliphatic rings. The normalized spacial score (nSPS) is 13.7. The van der Waals surface area contributed by atoms with Crippen molar-refractivity contribution in [2.75, 3.05) is 32.8 Å². The van der Waals surface area contributed by atoms with Crippen LogP contribution in [0.5, 0.6) is 0 Å². The summed E-state index contributed by atoms with van der Waals surface area (Å²) in [6.07, 6.45) is 4.92. The van der Waals surface area contributed by atoms with Gasteiger partial charge in [-0.25, -0.2) is 4.79 Å². The first-order chi connectivity index (χ1) is 15.2. The first-order valence-electron chi connectivity index (χ1n) is 11.5. The van der Waals surface area contributed by atoms with E-state index in [1.54, 1.807) is 12.4 Å². The van der Waals surface area contributed by atoms with Crippen molar-refractivity contribution in [1.82, 2.24) is 31.5 Å². The predicted molar refractivity (Wildman–Crippen MR) is 131 cm³/mol. The Bertz CT molecular complexity index is 379. The van der Waals surface area contributed by atoms with Crippen molar-refractivity contribution in [2.24, 2.45) is 0 Å². The first kappa shape index (κ1) is 35.7. The lowest BCUT2D eigenvalue weighted by molar-refractivity contribution is -0.119. The van der Waals surface area contributed by atoms with Gasteiger partial charge in [0.2, 0.25) is 5.91 Å². The molecular weight excluding hydrogens is 396 g/mol. The van der Waals surface area contributed by atoms with E-state index in [1.807, 2.05) is 61.5 Å². The molecule has 5 N–H and O–H groups in total. The number of aromatic amines is 1. The Balaban J connectivity index is -0.000000142. The summed E-state index contributed by atoms with van der Waals surface area (Å²) in [6.45, 7) is 23.8. The first-order valence-corrected chi connectivity index (χ1v) is 11.5. The zero-order chi connectivity index (χ0) is 24.8. The second-order valence-corrected chi connectivity index (χ2v) is 4.61. The summed E-state index contributed by atoms with van der Waals surface area (Å²) in [7, 11) is 0. The molecule has 0 atom stereocenters. The Morgan fingerprint density at radius 2 is 1.42 bits per heavy atom. The van der Waals surface area contributed by atoms with Gasteiger partial charge in [-0.1, -0.05) is 62.0 Å².